The lowest BCUT2D eigenvalue weighted by atomic mass is 9.40. The van der Waals surface area contributed by atoms with Crippen LogP contribution in [0.4, 0.5) is 0 Å². The number of aliphatic hydroxyl groups excluding tert-OH is 3. The highest BCUT2D eigenvalue weighted by molar-refractivity contribution is 5.16. The predicted molar refractivity (Wildman–Crippen MR) is 113 cm³/mol. The zero-order valence-electron chi connectivity index (χ0n) is 18.7. The second kappa shape index (κ2) is 7.50. The summed E-state index contributed by atoms with van der Waals surface area (Å²) in [7, 11) is 0. The molecule has 4 nitrogen and oxygen atoms in total. The van der Waals surface area contributed by atoms with Gasteiger partial charge in [0.05, 0.1) is 24.4 Å². The van der Waals surface area contributed by atoms with Crippen LogP contribution in [-0.2, 0) is 0 Å². The summed E-state index contributed by atoms with van der Waals surface area (Å²) >= 11 is 0. The summed E-state index contributed by atoms with van der Waals surface area (Å²) in [4.78, 5) is 0. The van der Waals surface area contributed by atoms with Crippen molar-refractivity contribution in [3.05, 3.63) is 0 Å². The highest BCUT2D eigenvalue weighted by Crippen LogP contribution is 2.69. The molecule has 0 bridgehead atoms. The Kier molecular flexibility index (Phi) is 5.59. The molecule has 4 fully saturated rings. The Balaban J connectivity index is 1.73. The van der Waals surface area contributed by atoms with Gasteiger partial charge in [0.1, 0.15) is 0 Å². The summed E-state index contributed by atoms with van der Waals surface area (Å²) in [6.45, 7) is 9.08. The molecule has 0 unspecified atom stereocenters. The summed E-state index contributed by atoms with van der Waals surface area (Å²) in [6, 6.07) is 2.36. The SMILES string of the molecule is CC[C@H]1[C@@H](O)[C@@H]2[C@H]([C@@H](O)C[C@]3(C)[C@@H]([C@H](C)CC#N)CC[C@@H]23)[C@@]2(C)CC[C@@H](O)C[C@@H]12. The zero-order chi connectivity index (χ0) is 21.1. The van der Waals surface area contributed by atoms with Gasteiger partial charge in [0.25, 0.3) is 0 Å². The normalized spacial score (nSPS) is 55.3. The van der Waals surface area contributed by atoms with Crippen LogP contribution in [0.15, 0.2) is 0 Å². The van der Waals surface area contributed by atoms with E-state index in [4.69, 9.17) is 0 Å². The van der Waals surface area contributed by atoms with Gasteiger partial charge in [0.15, 0.2) is 0 Å². The topological polar surface area (TPSA) is 84.5 Å². The van der Waals surface area contributed by atoms with Gasteiger partial charge >= 0.3 is 0 Å². The standard InChI is InChI=1S/C25H41NO3/c1-5-16-19-12-15(27)8-10-24(19,3)22-20(28)13-25(4)17(14(2)9-11-26)6-7-18(25)21(22)23(16)29/h14-23,27-29H,5-10,12-13H2,1-4H3/t14-,15-,16-,17-,18+,19+,20+,21+,22+,23-,24+,25-/m1/s1. The fraction of sp³-hybridized carbons (Fsp3) is 0.960. The van der Waals surface area contributed by atoms with Gasteiger partial charge in [-0.1, -0.05) is 34.1 Å². The monoisotopic (exact) mass is 403 g/mol. The molecule has 0 spiro atoms. The quantitative estimate of drug-likeness (QED) is 0.661. The summed E-state index contributed by atoms with van der Waals surface area (Å²) in [5.74, 6) is 1.99. The van der Waals surface area contributed by atoms with Crippen molar-refractivity contribution in [2.45, 2.75) is 97.4 Å². The first-order chi connectivity index (χ1) is 13.7. The number of hydrogen-bond donors (Lipinski definition) is 3. The average Bonchev–Trinajstić information content (AvgIpc) is 3.00. The van der Waals surface area contributed by atoms with Crippen molar-refractivity contribution in [1.29, 1.82) is 5.26 Å². The molecule has 0 aliphatic heterocycles. The van der Waals surface area contributed by atoms with E-state index in [0.29, 0.717) is 30.1 Å². The molecule has 164 valence electrons. The van der Waals surface area contributed by atoms with Crippen molar-refractivity contribution in [2.24, 2.45) is 52.3 Å². The highest BCUT2D eigenvalue weighted by Gasteiger charge is 2.67. The Labute approximate surface area is 176 Å². The molecule has 0 radical (unpaired) electrons. The van der Waals surface area contributed by atoms with Crippen LogP contribution in [0.1, 0.15) is 79.1 Å². The van der Waals surface area contributed by atoms with Crippen molar-refractivity contribution in [3.8, 4) is 6.07 Å². The van der Waals surface area contributed by atoms with Crippen LogP contribution in [0.2, 0.25) is 0 Å². The van der Waals surface area contributed by atoms with Gasteiger partial charge in [-0.05, 0) is 90.8 Å². The molecule has 0 aromatic carbocycles. The summed E-state index contributed by atoms with van der Waals surface area (Å²) < 4.78 is 0. The van der Waals surface area contributed by atoms with Crippen LogP contribution in [0.3, 0.4) is 0 Å². The van der Waals surface area contributed by atoms with Gasteiger partial charge in [-0.3, -0.25) is 0 Å². The maximum atomic E-state index is 11.7. The van der Waals surface area contributed by atoms with Crippen molar-refractivity contribution in [2.75, 3.05) is 0 Å². The van der Waals surface area contributed by atoms with Gasteiger partial charge in [0, 0.05) is 6.42 Å². The van der Waals surface area contributed by atoms with Crippen LogP contribution >= 0.6 is 0 Å². The van der Waals surface area contributed by atoms with Crippen LogP contribution < -0.4 is 0 Å². The molecule has 0 saturated heterocycles. The number of fused-ring (bicyclic) bond motifs is 5. The highest BCUT2D eigenvalue weighted by atomic mass is 16.3. The van der Waals surface area contributed by atoms with Gasteiger partial charge in [0.2, 0.25) is 0 Å². The minimum absolute atomic E-state index is 0.000900. The van der Waals surface area contributed by atoms with E-state index >= 15 is 0 Å². The molecule has 4 heteroatoms. The van der Waals surface area contributed by atoms with Crippen LogP contribution in [0.25, 0.3) is 0 Å². The third-order valence-corrected chi connectivity index (χ3v) is 10.5. The number of nitriles is 1. The van der Waals surface area contributed by atoms with Crippen molar-refractivity contribution < 1.29 is 15.3 Å². The third-order valence-electron chi connectivity index (χ3n) is 10.5. The minimum Gasteiger partial charge on any atom is -0.393 e. The molecule has 12 atom stereocenters. The first-order valence-electron chi connectivity index (χ1n) is 12.1. The molecular weight excluding hydrogens is 362 g/mol. The van der Waals surface area contributed by atoms with Crippen molar-refractivity contribution >= 4 is 0 Å². The lowest BCUT2D eigenvalue weighted by molar-refractivity contribution is -0.235. The van der Waals surface area contributed by atoms with Gasteiger partial charge in [-0.2, -0.15) is 5.26 Å². The Morgan fingerprint density at radius 3 is 2.45 bits per heavy atom. The van der Waals surface area contributed by atoms with Crippen molar-refractivity contribution in [3.63, 3.8) is 0 Å². The molecule has 0 amide bonds. The molecule has 4 aliphatic rings. The Morgan fingerprint density at radius 2 is 1.79 bits per heavy atom. The molecule has 4 saturated carbocycles. The second-order valence-corrected chi connectivity index (χ2v) is 11.6. The summed E-state index contributed by atoms with van der Waals surface area (Å²) in [6.07, 6.45) is 6.03. The smallest absolute Gasteiger partial charge is 0.0624 e. The number of rotatable bonds is 3. The molecule has 4 aliphatic carbocycles. The lowest BCUT2D eigenvalue weighted by Gasteiger charge is -2.66. The maximum absolute atomic E-state index is 11.7. The first kappa shape index (κ1) is 21.6. The van der Waals surface area contributed by atoms with E-state index in [1.807, 2.05) is 0 Å². The average molecular weight is 404 g/mol. The van der Waals surface area contributed by atoms with Crippen LogP contribution in [0.5, 0.6) is 0 Å². The molecule has 0 aromatic rings. The number of aliphatic hydroxyl groups is 3. The second-order valence-electron chi connectivity index (χ2n) is 11.6. The Bertz CT molecular complexity index is 661. The van der Waals surface area contributed by atoms with Gasteiger partial charge in [-0.15, -0.1) is 0 Å². The zero-order valence-corrected chi connectivity index (χ0v) is 18.7. The molecular formula is C25H41NO3. The summed E-state index contributed by atoms with van der Waals surface area (Å²) in [5, 5.41) is 42.9. The lowest BCUT2D eigenvalue weighted by Crippen LogP contribution is -2.65. The van der Waals surface area contributed by atoms with E-state index in [0.717, 1.165) is 44.9 Å². The fourth-order valence-electron chi connectivity index (χ4n) is 9.33. The first-order valence-corrected chi connectivity index (χ1v) is 12.1. The van der Waals surface area contributed by atoms with Gasteiger partial charge < -0.3 is 15.3 Å². The Hall–Kier alpha value is -0.630. The molecule has 3 N–H and O–H groups in total. The summed E-state index contributed by atoms with van der Waals surface area (Å²) in [5.41, 5.74) is 0.00834. The van der Waals surface area contributed by atoms with E-state index in [9.17, 15) is 20.6 Å². The van der Waals surface area contributed by atoms with E-state index < -0.39 is 12.2 Å². The maximum Gasteiger partial charge on any atom is 0.0624 e. The van der Waals surface area contributed by atoms with Crippen molar-refractivity contribution in [1.82, 2.24) is 0 Å². The van der Waals surface area contributed by atoms with Crippen LogP contribution in [-0.4, -0.2) is 33.6 Å². The Morgan fingerprint density at radius 1 is 1.07 bits per heavy atom. The van der Waals surface area contributed by atoms with Crippen LogP contribution in [0, 0.1) is 63.6 Å². The largest absolute Gasteiger partial charge is 0.393 e. The third kappa shape index (κ3) is 3.02. The van der Waals surface area contributed by atoms with E-state index in [1.165, 1.54) is 0 Å². The minimum atomic E-state index is -0.397. The van der Waals surface area contributed by atoms with Gasteiger partial charge in [-0.25, -0.2) is 0 Å². The number of nitrogens with zero attached hydrogens (tertiary/aromatic N) is 1. The number of hydrogen-bond acceptors (Lipinski definition) is 4. The molecule has 4 rings (SSSR count). The van der Waals surface area contributed by atoms with E-state index in [-0.39, 0.29) is 34.7 Å². The molecule has 29 heavy (non-hydrogen) atoms. The predicted octanol–water partition coefficient (Wildman–Crippen LogP) is 4.13. The van der Waals surface area contributed by atoms with E-state index in [2.05, 4.69) is 33.8 Å². The fourth-order valence-corrected chi connectivity index (χ4v) is 9.33. The molecule has 0 heterocycles. The van der Waals surface area contributed by atoms with E-state index in [1.54, 1.807) is 0 Å². The molecule has 0 aromatic heterocycles.